The van der Waals surface area contributed by atoms with Gasteiger partial charge in [-0.05, 0) is 92.2 Å². The minimum Gasteiger partial charge on any atom is -0.409 e. The molecule has 0 spiro atoms. The highest BCUT2D eigenvalue weighted by Gasteiger charge is 2.31. The number of fused-ring (bicyclic) bond motifs is 4. The molecule has 386 valence electrons. The van der Waals surface area contributed by atoms with Crippen molar-refractivity contribution < 1.29 is 47.9 Å². The topological polar surface area (TPSA) is 290 Å². The van der Waals surface area contributed by atoms with Gasteiger partial charge < -0.3 is 62.1 Å². The predicted molar refractivity (Wildman–Crippen MR) is 275 cm³/mol. The van der Waals surface area contributed by atoms with Crippen molar-refractivity contribution in [2.75, 3.05) is 88.0 Å². The van der Waals surface area contributed by atoms with Crippen LogP contribution in [0.3, 0.4) is 0 Å². The first-order valence-electron chi connectivity index (χ1n) is 24.4. The van der Waals surface area contributed by atoms with Gasteiger partial charge in [0.1, 0.15) is 17.5 Å². The molecule has 5 aromatic rings. The normalized spacial score (nSPS) is 14.7. The summed E-state index contributed by atoms with van der Waals surface area (Å²) in [7, 11) is 2.01. The Hall–Kier alpha value is -8.63. The number of nitrogens with two attached hydrogens (primary N) is 1. The minimum absolute atomic E-state index is 0.102. The highest BCUT2D eigenvalue weighted by atomic mass is 16.6. The molecule has 1 saturated heterocycles. The second-order valence-corrected chi connectivity index (χ2v) is 18.1. The SMILES string of the molecule is CN1CCN(C(=O)Oc2cc3c(c4ccccc24)CCN3C(=O)c2cc3cc(NC(=O)c4ccc(NC(=O)[C@H](CCCNC(N)=O)NC(=O)CNCCNC(=O)CCCN5C(=O)C=CC5=O)cc4)ccc3[nH]2)CC1. The lowest BCUT2D eigenvalue weighted by Crippen LogP contribution is -2.48. The lowest BCUT2D eigenvalue weighted by atomic mass is 10.0. The summed E-state index contributed by atoms with van der Waals surface area (Å²) in [6, 6.07) is 20.9. The van der Waals surface area contributed by atoms with Crippen LogP contribution in [0.1, 0.15) is 52.1 Å². The Morgan fingerprint density at radius 1 is 0.757 bits per heavy atom. The Balaban J connectivity index is 0.830. The number of primary amides is 1. The second kappa shape index (κ2) is 23.7. The highest BCUT2D eigenvalue weighted by molar-refractivity contribution is 6.13. The van der Waals surface area contributed by atoms with Crippen LogP contribution >= 0.6 is 0 Å². The van der Waals surface area contributed by atoms with E-state index in [2.05, 4.69) is 41.8 Å². The third kappa shape index (κ3) is 12.9. The summed E-state index contributed by atoms with van der Waals surface area (Å²) in [5.41, 5.74) is 9.00. The van der Waals surface area contributed by atoms with Gasteiger partial charge in [0.15, 0.2) is 0 Å². The Labute approximate surface area is 425 Å². The molecule has 1 aromatic heterocycles. The number of likely N-dealkylation sites (N-methyl/N-ethyl adjacent to an activating group) is 1. The molecule has 8 rings (SSSR count). The molecule has 0 radical (unpaired) electrons. The number of hydrogen-bond donors (Lipinski definition) is 8. The first-order chi connectivity index (χ1) is 35.7. The van der Waals surface area contributed by atoms with E-state index in [0.717, 1.165) is 34.3 Å². The van der Waals surface area contributed by atoms with Gasteiger partial charge in [-0.2, -0.15) is 0 Å². The number of hydrogen-bond acceptors (Lipinski definition) is 12. The maximum Gasteiger partial charge on any atom is 0.415 e. The molecule has 9 N–H and O–H groups in total. The number of aromatic nitrogens is 1. The van der Waals surface area contributed by atoms with Gasteiger partial charge in [0, 0.05) is 117 Å². The van der Waals surface area contributed by atoms with Crippen LogP contribution in [-0.4, -0.2) is 152 Å². The molecular weight excluding hydrogens is 953 g/mol. The molecule has 3 aliphatic heterocycles. The number of carbonyl (C=O) groups is 9. The fourth-order valence-electron chi connectivity index (χ4n) is 8.95. The number of anilines is 3. The second-order valence-electron chi connectivity index (χ2n) is 18.1. The zero-order chi connectivity index (χ0) is 52.3. The third-order valence-corrected chi connectivity index (χ3v) is 12.9. The summed E-state index contributed by atoms with van der Waals surface area (Å²) in [6.07, 6.45) is 3.44. The quantitative estimate of drug-likeness (QED) is 0.0413. The Morgan fingerprint density at radius 2 is 1.49 bits per heavy atom. The van der Waals surface area contributed by atoms with Crippen molar-refractivity contribution in [2.45, 2.75) is 38.1 Å². The standard InChI is InChI=1S/C52H58N12O10/c1-61-24-26-62(27-25-61)52(73)74-43-30-42-37(36-6-2-3-7-38(36)43)18-23-63(42)50(71)41-29-33-28-35(14-15-39(33)59-41)58-48(69)32-10-12-34(13-11-32)57-49(70)40(8-4-19-56-51(53)72)60-45(66)31-54-20-21-55-44(65)9-5-22-64-46(67)16-17-47(64)68/h2-3,6-7,10-17,28-30,40,54,59H,4-5,8-9,18-27,31H2,1H3,(H,55,65)(H,57,70)(H,58,69)(H,60,66)(H3,53,56,72)/t40-/m0/s1. The van der Waals surface area contributed by atoms with E-state index in [1.54, 1.807) is 52.3 Å². The fourth-order valence-corrected chi connectivity index (χ4v) is 8.95. The number of imide groups is 1. The summed E-state index contributed by atoms with van der Waals surface area (Å²) in [5, 5.41) is 18.8. The van der Waals surface area contributed by atoms with Crippen LogP contribution < -0.4 is 47.3 Å². The first-order valence-corrected chi connectivity index (χ1v) is 24.4. The van der Waals surface area contributed by atoms with Crippen LogP contribution in [0.5, 0.6) is 5.75 Å². The molecule has 0 bridgehead atoms. The average molecular weight is 1010 g/mol. The van der Waals surface area contributed by atoms with Crippen molar-refractivity contribution in [3.8, 4) is 5.75 Å². The van der Waals surface area contributed by atoms with E-state index >= 15 is 0 Å². The maximum absolute atomic E-state index is 14.2. The molecule has 4 aromatic carbocycles. The molecule has 22 heteroatoms. The summed E-state index contributed by atoms with van der Waals surface area (Å²) >= 11 is 0. The van der Waals surface area contributed by atoms with Gasteiger partial charge in [-0.3, -0.25) is 38.5 Å². The number of nitrogens with zero attached hydrogens (tertiary/aromatic N) is 4. The predicted octanol–water partition coefficient (Wildman–Crippen LogP) is 2.81. The summed E-state index contributed by atoms with van der Waals surface area (Å²) in [6.45, 7) is 3.63. The van der Waals surface area contributed by atoms with Gasteiger partial charge in [0.2, 0.25) is 17.7 Å². The third-order valence-electron chi connectivity index (χ3n) is 12.9. The first kappa shape index (κ1) is 51.7. The Kier molecular flexibility index (Phi) is 16.6. The van der Waals surface area contributed by atoms with E-state index in [9.17, 15) is 43.2 Å². The summed E-state index contributed by atoms with van der Waals surface area (Å²) in [4.78, 5) is 124. The molecule has 1 fully saturated rings. The van der Waals surface area contributed by atoms with Crippen LogP contribution in [0.25, 0.3) is 21.7 Å². The number of nitrogens with one attached hydrogen (secondary N) is 7. The van der Waals surface area contributed by atoms with Crippen LogP contribution in [0.4, 0.5) is 26.7 Å². The van der Waals surface area contributed by atoms with Gasteiger partial charge >= 0.3 is 12.1 Å². The number of piperazine rings is 1. The monoisotopic (exact) mass is 1010 g/mol. The Bertz CT molecular complexity index is 3000. The van der Waals surface area contributed by atoms with Crippen molar-refractivity contribution in [3.05, 3.63) is 108 Å². The number of carbonyl (C=O) groups excluding carboxylic acids is 9. The van der Waals surface area contributed by atoms with E-state index < -0.39 is 47.7 Å². The molecule has 3 aliphatic rings. The van der Waals surface area contributed by atoms with Crippen LogP contribution in [0.15, 0.2) is 91.0 Å². The maximum atomic E-state index is 14.2. The molecule has 74 heavy (non-hydrogen) atoms. The number of benzene rings is 4. The molecule has 0 saturated carbocycles. The molecule has 0 aliphatic carbocycles. The van der Waals surface area contributed by atoms with Crippen molar-refractivity contribution in [2.24, 2.45) is 5.73 Å². The van der Waals surface area contributed by atoms with E-state index in [-0.39, 0.29) is 57.4 Å². The molecule has 10 amide bonds. The minimum atomic E-state index is -1.01. The van der Waals surface area contributed by atoms with Crippen molar-refractivity contribution in [3.63, 3.8) is 0 Å². The fraction of sp³-hybridized carbons (Fsp3) is 0.327. The molecule has 1 atom stereocenters. The molecule has 4 heterocycles. The Morgan fingerprint density at radius 3 is 2.23 bits per heavy atom. The van der Waals surface area contributed by atoms with Crippen LogP contribution in [-0.2, 0) is 30.4 Å². The van der Waals surface area contributed by atoms with E-state index in [0.29, 0.717) is 83.9 Å². The summed E-state index contributed by atoms with van der Waals surface area (Å²) in [5.74, 6) is -2.43. The number of rotatable bonds is 20. The number of amides is 10. The lowest BCUT2D eigenvalue weighted by Gasteiger charge is -2.31. The van der Waals surface area contributed by atoms with Crippen LogP contribution in [0.2, 0.25) is 0 Å². The lowest BCUT2D eigenvalue weighted by molar-refractivity contribution is -0.137. The zero-order valence-electron chi connectivity index (χ0n) is 40.8. The van der Waals surface area contributed by atoms with E-state index in [1.165, 1.54) is 24.3 Å². The number of urea groups is 1. The smallest absolute Gasteiger partial charge is 0.409 e. The zero-order valence-corrected chi connectivity index (χ0v) is 40.8. The van der Waals surface area contributed by atoms with Crippen molar-refractivity contribution in [1.29, 1.82) is 0 Å². The number of H-pyrrole nitrogens is 1. The highest BCUT2D eigenvalue weighted by Crippen LogP contribution is 2.41. The van der Waals surface area contributed by atoms with Gasteiger partial charge in [0.25, 0.3) is 23.6 Å². The number of aromatic amines is 1. The molecule has 0 unspecified atom stereocenters. The van der Waals surface area contributed by atoms with Crippen molar-refractivity contribution in [1.82, 2.24) is 41.0 Å². The van der Waals surface area contributed by atoms with Crippen LogP contribution in [0, 0.1) is 0 Å². The molecular formula is C52H58N12O10. The van der Waals surface area contributed by atoms with Crippen molar-refractivity contribution >= 4 is 92.2 Å². The molecule has 22 nitrogen and oxygen atoms in total. The number of ether oxygens (including phenoxy) is 1. The van der Waals surface area contributed by atoms with Gasteiger partial charge in [-0.15, -0.1) is 0 Å². The van der Waals surface area contributed by atoms with Gasteiger partial charge in [-0.1, -0.05) is 24.3 Å². The van der Waals surface area contributed by atoms with E-state index in [4.69, 9.17) is 10.5 Å². The summed E-state index contributed by atoms with van der Waals surface area (Å²) < 4.78 is 6.01. The van der Waals surface area contributed by atoms with E-state index in [1.807, 2.05) is 31.3 Å². The largest absolute Gasteiger partial charge is 0.415 e. The van der Waals surface area contributed by atoms with Gasteiger partial charge in [-0.25, -0.2) is 9.59 Å². The average Bonchev–Trinajstić information content (AvgIpc) is 4.11. The van der Waals surface area contributed by atoms with Gasteiger partial charge in [0.05, 0.1) is 12.2 Å².